The molecular formula is C9H10FN3O6S. The van der Waals surface area contributed by atoms with Crippen LogP contribution in [0.2, 0.25) is 0 Å². The highest BCUT2D eigenvalue weighted by atomic mass is 32.2. The second-order valence-corrected chi connectivity index (χ2v) is 5.15. The van der Waals surface area contributed by atoms with Gasteiger partial charge < -0.3 is 10.5 Å². The second-order valence-electron chi connectivity index (χ2n) is 3.62. The van der Waals surface area contributed by atoms with Crippen molar-refractivity contribution in [1.29, 1.82) is 0 Å². The average Bonchev–Trinajstić information content (AvgIpc) is 2.28. The van der Waals surface area contributed by atoms with Gasteiger partial charge >= 0.3 is 0 Å². The fraction of sp³-hybridized carbons (Fsp3) is 0.222. The van der Waals surface area contributed by atoms with Crippen LogP contribution in [0.3, 0.4) is 0 Å². The highest BCUT2D eigenvalue weighted by Crippen LogP contribution is 2.31. The first-order valence-corrected chi connectivity index (χ1v) is 6.59. The maximum atomic E-state index is 13.7. The number of nitrogens with zero attached hydrogens (tertiary/aromatic N) is 1. The third-order valence-electron chi connectivity index (χ3n) is 2.11. The van der Waals surface area contributed by atoms with Gasteiger partial charge in [0.05, 0.1) is 24.0 Å². The number of benzene rings is 1. The fourth-order valence-electron chi connectivity index (χ4n) is 1.27. The van der Waals surface area contributed by atoms with Crippen molar-refractivity contribution in [2.24, 2.45) is 10.9 Å². The summed E-state index contributed by atoms with van der Waals surface area (Å²) in [6.45, 7) is -0.396. The van der Waals surface area contributed by atoms with E-state index in [2.05, 4.69) is 0 Å². The van der Waals surface area contributed by atoms with Crippen LogP contribution in [0.5, 0.6) is 5.75 Å². The molecule has 4 N–H and O–H groups in total. The Labute approximate surface area is 112 Å². The van der Waals surface area contributed by atoms with Gasteiger partial charge in [0.2, 0.25) is 15.9 Å². The van der Waals surface area contributed by atoms with E-state index in [4.69, 9.17) is 15.6 Å². The van der Waals surface area contributed by atoms with Crippen molar-refractivity contribution in [2.75, 3.05) is 6.61 Å². The molecule has 110 valence electrons. The minimum absolute atomic E-state index is 0.291. The predicted octanol–water partition coefficient (Wildman–Crippen LogP) is -0.364. The molecule has 1 aromatic carbocycles. The molecule has 0 unspecified atom stereocenters. The number of ether oxygens (including phenoxy) is 1. The molecule has 0 aliphatic carbocycles. The first-order chi connectivity index (χ1) is 9.12. The first kappa shape index (κ1) is 15.8. The Kier molecular flexibility index (Phi) is 4.57. The number of primary sulfonamides is 1. The maximum absolute atomic E-state index is 13.7. The van der Waals surface area contributed by atoms with Gasteiger partial charge in [-0.1, -0.05) is 0 Å². The second kappa shape index (κ2) is 5.79. The van der Waals surface area contributed by atoms with Crippen LogP contribution in [0, 0.1) is 15.9 Å². The zero-order chi connectivity index (χ0) is 15.5. The molecule has 9 nitrogen and oxygen atoms in total. The number of sulfonamides is 1. The molecule has 11 heteroatoms. The van der Waals surface area contributed by atoms with E-state index in [1.165, 1.54) is 0 Å². The Balaban J connectivity index is 3.28. The van der Waals surface area contributed by atoms with Crippen LogP contribution in [0.15, 0.2) is 17.0 Å². The van der Waals surface area contributed by atoms with Crippen molar-refractivity contribution in [3.63, 3.8) is 0 Å². The average molecular weight is 307 g/mol. The molecule has 0 bridgehead atoms. The Morgan fingerprint density at radius 3 is 2.50 bits per heavy atom. The van der Waals surface area contributed by atoms with E-state index < -0.39 is 49.6 Å². The Morgan fingerprint density at radius 1 is 1.45 bits per heavy atom. The number of hydrogen-bond donors (Lipinski definition) is 2. The number of halogens is 1. The minimum atomic E-state index is -4.45. The fourth-order valence-corrected chi connectivity index (χ4v) is 1.96. The highest BCUT2D eigenvalue weighted by Gasteiger charge is 2.24. The van der Waals surface area contributed by atoms with Crippen LogP contribution < -0.4 is 15.6 Å². The monoisotopic (exact) mass is 307 g/mol. The normalized spacial score (nSPS) is 11.1. The zero-order valence-electron chi connectivity index (χ0n) is 9.91. The number of amides is 1. The third-order valence-corrected chi connectivity index (χ3v) is 3.02. The largest absolute Gasteiger partial charge is 0.489 e. The van der Waals surface area contributed by atoms with E-state index in [1.807, 2.05) is 0 Å². The quantitative estimate of drug-likeness (QED) is 0.539. The van der Waals surface area contributed by atoms with Gasteiger partial charge in [0.15, 0.2) is 11.6 Å². The molecule has 0 aliphatic rings. The lowest BCUT2D eigenvalue weighted by Crippen LogP contribution is -2.18. The Hall–Kier alpha value is -2.27. The minimum Gasteiger partial charge on any atom is -0.489 e. The van der Waals surface area contributed by atoms with Crippen LogP contribution in [0.1, 0.15) is 6.42 Å². The first-order valence-electron chi connectivity index (χ1n) is 5.04. The van der Waals surface area contributed by atoms with Gasteiger partial charge in [-0.2, -0.15) is 0 Å². The summed E-state index contributed by atoms with van der Waals surface area (Å²) in [5.74, 6) is -2.82. The number of nitro groups is 1. The van der Waals surface area contributed by atoms with Crippen molar-refractivity contribution >= 4 is 21.6 Å². The smallest absolute Gasteiger partial charge is 0.274 e. The molecule has 1 amide bonds. The SMILES string of the molecule is NC(=O)CCOc1c(F)cc([N+](=O)[O-])cc1S(N)(=O)=O. The molecule has 0 aliphatic heterocycles. The molecule has 0 fully saturated rings. The van der Waals surface area contributed by atoms with E-state index in [9.17, 15) is 27.7 Å². The predicted molar refractivity (Wildman–Crippen MR) is 63.7 cm³/mol. The van der Waals surface area contributed by atoms with Crippen molar-refractivity contribution in [3.8, 4) is 5.75 Å². The van der Waals surface area contributed by atoms with Crippen LogP contribution in [-0.4, -0.2) is 25.9 Å². The number of rotatable bonds is 6. The van der Waals surface area contributed by atoms with E-state index in [1.54, 1.807) is 0 Å². The van der Waals surface area contributed by atoms with E-state index in [0.29, 0.717) is 12.1 Å². The Morgan fingerprint density at radius 2 is 2.05 bits per heavy atom. The lowest BCUT2D eigenvalue weighted by atomic mass is 10.3. The molecule has 20 heavy (non-hydrogen) atoms. The van der Waals surface area contributed by atoms with E-state index in [-0.39, 0.29) is 6.42 Å². The van der Waals surface area contributed by atoms with Gasteiger partial charge in [-0.15, -0.1) is 0 Å². The molecule has 0 aromatic heterocycles. The summed E-state index contributed by atoms with van der Waals surface area (Å²) in [5.41, 5.74) is 4.04. The van der Waals surface area contributed by atoms with Gasteiger partial charge in [-0.05, 0) is 0 Å². The van der Waals surface area contributed by atoms with Gasteiger partial charge in [0.1, 0.15) is 4.90 Å². The Bertz CT molecular complexity index is 660. The molecule has 0 heterocycles. The van der Waals surface area contributed by atoms with Crippen molar-refractivity contribution < 1.29 is 27.3 Å². The lowest BCUT2D eigenvalue weighted by molar-refractivity contribution is -0.385. The lowest BCUT2D eigenvalue weighted by Gasteiger charge is -2.10. The summed E-state index contributed by atoms with van der Waals surface area (Å²) in [5, 5.41) is 15.4. The molecule has 1 rings (SSSR count). The molecule has 0 saturated carbocycles. The van der Waals surface area contributed by atoms with Gasteiger partial charge in [0.25, 0.3) is 5.69 Å². The number of nitrogens with two attached hydrogens (primary N) is 2. The number of hydrogen-bond acceptors (Lipinski definition) is 6. The summed E-state index contributed by atoms with van der Waals surface area (Å²) in [7, 11) is -4.45. The highest BCUT2D eigenvalue weighted by molar-refractivity contribution is 7.89. The maximum Gasteiger partial charge on any atom is 0.274 e. The van der Waals surface area contributed by atoms with Crippen LogP contribution in [-0.2, 0) is 14.8 Å². The number of nitro benzene ring substituents is 1. The zero-order valence-corrected chi connectivity index (χ0v) is 10.7. The van der Waals surface area contributed by atoms with Gasteiger partial charge in [-0.3, -0.25) is 14.9 Å². The van der Waals surface area contributed by atoms with Crippen molar-refractivity contribution in [3.05, 3.63) is 28.1 Å². The van der Waals surface area contributed by atoms with E-state index >= 15 is 0 Å². The molecule has 1 aromatic rings. The summed E-state index contributed by atoms with van der Waals surface area (Å²) < 4.78 is 41.0. The summed E-state index contributed by atoms with van der Waals surface area (Å²) in [6.07, 6.45) is -0.291. The van der Waals surface area contributed by atoms with Crippen molar-refractivity contribution in [1.82, 2.24) is 0 Å². The molecular weight excluding hydrogens is 297 g/mol. The number of carbonyl (C=O) groups is 1. The van der Waals surface area contributed by atoms with Crippen LogP contribution in [0.4, 0.5) is 10.1 Å². The van der Waals surface area contributed by atoms with Crippen LogP contribution in [0.25, 0.3) is 0 Å². The number of non-ortho nitro benzene ring substituents is 1. The topological polar surface area (TPSA) is 156 Å². The summed E-state index contributed by atoms with van der Waals surface area (Å²) >= 11 is 0. The number of primary amides is 1. The third kappa shape index (κ3) is 3.86. The standard InChI is InChI=1S/C9H10FN3O6S/c10-6-3-5(13(15)16)4-7(20(12,17)18)9(6)19-2-1-8(11)14/h3-4H,1-2H2,(H2,11,14)(H2,12,17,18). The molecule has 0 radical (unpaired) electrons. The summed E-state index contributed by atoms with van der Waals surface area (Å²) in [4.78, 5) is 19.2. The van der Waals surface area contributed by atoms with Gasteiger partial charge in [-0.25, -0.2) is 17.9 Å². The van der Waals surface area contributed by atoms with Gasteiger partial charge in [0, 0.05) is 6.07 Å². The molecule has 0 saturated heterocycles. The molecule has 0 spiro atoms. The van der Waals surface area contributed by atoms with Crippen LogP contribution >= 0.6 is 0 Å². The number of carbonyl (C=O) groups excluding carboxylic acids is 1. The summed E-state index contributed by atoms with van der Waals surface area (Å²) in [6, 6.07) is 1.05. The molecule has 0 atom stereocenters. The van der Waals surface area contributed by atoms with Crippen molar-refractivity contribution in [2.45, 2.75) is 11.3 Å². The van der Waals surface area contributed by atoms with E-state index in [0.717, 1.165) is 0 Å².